The van der Waals surface area contributed by atoms with Gasteiger partial charge in [0, 0.05) is 12.3 Å². The molecule has 0 heterocycles. The summed E-state index contributed by atoms with van der Waals surface area (Å²) in [4.78, 5) is 0. The fraction of sp³-hybridized carbons (Fsp3) is 0.368. The van der Waals surface area contributed by atoms with E-state index in [1.165, 1.54) is 24.8 Å². The van der Waals surface area contributed by atoms with Crippen LogP contribution in [0.1, 0.15) is 44.6 Å². The summed E-state index contributed by atoms with van der Waals surface area (Å²) in [6.07, 6.45) is 12.0. The number of unbranched alkanes of at least 4 members (excludes halogenated alkanes) is 3. The van der Waals surface area contributed by atoms with Gasteiger partial charge in [-0.25, -0.2) is 0 Å². The highest BCUT2D eigenvalue weighted by atomic mass is 14.0. The molecule has 0 heteroatoms. The highest BCUT2D eigenvalue weighted by Crippen LogP contribution is 2.09. The predicted molar refractivity (Wildman–Crippen MR) is 85.7 cm³/mol. The van der Waals surface area contributed by atoms with Crippen LogP contribution in [-0.2, 0) is 0 Å². The van der Waals surface area contributed by atoms with Crippen molar-refractivity contribution in [1.29, 1.82) is 0 Å². The zero-order chi connectivity index (χ0) is 13.8. The van der Waals surface area contributed by atoms with E-state index in [-0.39, 0.29) is 0 Å². The van der Waals surface area contributed by atoms with E-state index in [4.69, 9.17) is 0 Å². The minimum Gasteiger partial charge on any atom is -0.103 e. The molecule has 1 rings (SSSR count). The Balaban J connectivity index is 2.52. The van der Waals surface area contributed by atoms with Gasteiger partial charge in [0.05, 0.1) is 0 Å². The fourth-order valence-electron chi connectivity index (χ4n) is 1.82. The van der Waals surface area contributed by atoms with Crippen LogP contribution in [0.15, 0.2) is 49.1 Å². The molecule has 0 fully saturated rings. The van der Waals surface area contributed by atoms with Crippen LogP contribution in [0.4, 0.5) is 0 Å². The van der Waals surface area contributed by atoms with Crippen molar-refractivity contribution in [2.45, 2.75) is 39.0 Å². The summed E-state index contributed by atoms with van der Waals surface area (Å²) in [5.41, 5.74) is 1.23. The van der Waals surface area contributed by atoms with E-state index in [2.05, 4.69) is 61.8 Å². The van der Waals surface area contributed by atoms with E-state index in [9.17, 15) is 0 Å². The lowest BCUT2D eigenvalue weighted by molar-refractivity contribution is 0.736. The Kier molecular flexibility index (Phi) is 8.23. The van der Waals surface area contributed by atoms with E-state index in [0.29, 0.717) is 5.92 Å². The van der Waals surface area contributed by atoms with Crippen molar-refractivity contribution in [1.82, 2.24) is 0 Å². The van der Waals surface area contributed by atoms with E-state index in [0.717, 1.165) is 12.8 Å². The molecule has 0 saturated carbocycles. The predicted octanol–water partition coefficient (Wildman–Crippen LogP) is 5.48. The third kappa shape index (κ3) is 7.32. The molecule has 1 aromatic rings. The van der Waals surface area contributed by atoms with E-state index >= 15 is 0 Å². The Morgan fingerprint density at radius 1 is 1.21 bits per heavy atom. The molecule has 0 aliphatic rings. The van der Waals surface area contributed by atoms with Crippen molar-refractivity contribution < 1.29 is 0 Å². The Morgan fingerprint density at radius 3 is 2.68 bits per heavy atom. The second kappa shape index (κ2) is 10.2. The summed E-state index contributed by atoms with van der Waals surface area (Å²) in [6, 6.07) is 10.4. The van der Waals surface area contributed by atoms with Gasteiger partial charge >= 0.3 is 0 Å². The average molecular weight is 252 g/mol. The topological polar surface area (TPSA) is 0 Å². The van der Waals surface area contributed by atoms with Gasteiger partial charge in [-0.1, -0.05) is 74.2 Å². The second-order valence-corrected chi connectivity index (χ2v) is 4.68. The first-order valence-electron chi connectivity index (χ1n) is 7.19. The second-order valence-electron chi connectivity index (χ2n) is 4.68. The minimum atomic E-state index is 0.291. The molecule has 0 aliphatic carbocycles. The lowest BCUT2D eigenvalue weighted by Gasteiger charge is -2.01. The molecule has 1 aromatic carbocycles. The fourth-order valence-corrected chi connectivity index (χ4v) is 1.82. The van der Waals surface area contributed by atoms with Gasteiger partial charge in [0.2, 0.25) is 0 Å². The average Bonchev–Trinajstić information content (AvgIpc) is 2.45. The van der Waals surface area contributed by atoms with Crippen molar-refractivity contribution in [3.63, 3.8) is 0 Å². The lowest BCUT2D eigenvalue weighted by atomic mass is 10.0. The van der Waals surface area contributed by atoms with Crippen LogP contribution in [0, 0.1) is 17.8 Å². The number of allylic oxidation sites excluding steroid dienone is 2. The maximum atomic E-state index is 3.81. The first-order valence-corrected chi connectivity index (χ1v) is 7.19. The molecule has 1 unspecified atom stereocenters. The molecule has 0 aliphatic heterocycles. The highest BCUT2D eigenvalue weighted by molar-refractivity contribution is 5.49. The molecule has 0 amide bonds. The van der Waals surface area contributed by atoms with Gasteiger partial charge in [-0.3, -0.25) is 0 Å². The van der Waals surface area contributed by atoms with E-state index in [1.54, 1.807) is 0 Å². The van der Waals surface area contributed by atoms with Crippen LogP contribution in [-0.4, -0.2) is 0 Å². The molecule has 0 bridgehead atoms. The van der Waals surface area contributed by atoms with Gasteiger partial charge in [-0.15, -0.1) is 12.5 Å². The van der Waals surface area contributed by atoms with Crippen molar-refractivity contribution in [2.24, 2.45) is 5.92 Å². The smallest absolute Gasteiger partial charge is 0.0420 e. The summed E-state index contributed by atoms with van der Waals surface area (Å²) in [6.45, 7) is 6.03. The van der Waals surface area contributed by atoms with E-state index in [1.807, 2.05) is 12.1 Å². The first kappa shape index (κ1) is 15.3. The molecule has 0 saturated heterocycles. The quantitative estimate of drug-likeness (QED) is 0.342. The normalized spacial score (nSPS) is 11.8. The Morgan fingerprint density at radius 2 is 2.00 bits per heavy atom. The van der Waals surface area contributed by atoms with Crippen LogP contribution in [0.5, 0.6) is 0 Å². The van der Waals surface area contributed by atoms with Crippen LogP contribution in [0.3, 0.4) is 0 Å². The standard InChI is InChI=1S/C19H24/c1-3-5-6-7-9-13-18(12-4-2)16-17-19-14-10-8-11-15-19/h4,8,10-11,14-18H,2-3,5-7,12H2,1H3/b17-16+. The van der Waals surface area contributed by atoms with Crippen LogP contribution >= 0.6 is 0 Å². The number of benzene rings is 1. The van der Waals surface area contributed by atoms with Gasteiger partial charge in [0.1, 0.15) is 0 Å². The number of hydrogen-bond acceptors (Lipinski definition) is 0. The summed E-state index contributed by atoms with van der Waals surface area (Å²) >= 11 is 0. The maximum Gasteiger partial charge on any atom is 0.0420 e. The SMILES string of the molecule is C=CCC(C#CCCCCC)/C=C/c1ccccc1. The molecule has 19 heavy (non-hydrogen) atoms. The highest BCUT2D eigenvalue weighted by Gasteiger charge is 1.96. The van der Waals surface area contributed by atoms with Gasteiger partial charge in [-0.2, -0.15) is 0 Å². The molecular formula is C19H24. The summed E-state index contributed by atoms with van der Waals surface area (Å²) in [5, 5.41) is 0. The first-order chi connectivity index (χ1) is 9.36. The van der Waals surface area contributed by atoms with Crippen LogP contribution in [0.2, 0.25) is 0 Å². The maximum absolute atomic E-state index is 3.81. The van der Waals surface area contributed by atoms with Gasteiger partial charge < -0.3 is 0 Å². The van der Waals surface area contributed by atoms with Crippen LogP contribution < -0.4 is 0 Å². The third-order valence-electron chi connectivity index (χ3n) is 2.93. The molecular weight excluding hydrogens is 228 g/mol. The van der Waals surface area contributed by atoms with Gasteiger partial charge in [0.25, 0.3) is 0 Å². The van der Waals surface area contributed by atoms with Gasteiger partial charge in [0.15, 0.2) is 0 Å². The van der Waals surface area contributed by atoms with Crippen LogP contribution in [0.25, 0.3) is 6.08 Å². The number of hydrogen-bond donors (Lipinski definition) is 0. The monoisotopic (exact) mass is 252 g/mol. The molecule has 0 radical (unpaired) electrons. The Hall–Kier alpha value is -1.74. The molecule has 0 aromatic heterocycles. The molecule has 0 spiro atoms. The number of rotatable bonds is 7. The largest absolute Gasteiger partial charge is 0.103 e. The Labute approximate surface area is 118 Å². The third-order valence-corrected chi connectivity index (χ3v) is 2.93. The Bertz CT molecular complexity index is 428. The molecule has 0 nitrogen and oxygen atoms in total. The van der Waals surface area contributed by atoms with Crippen molar-refractivity contribution in [2.75, 3.05) is 0 Å². The van der Waals surface area contributed by atoms with Gasteiger partial charge in [-0.05, 0) is 18.4 Å². The summed E-state index contributed by atoms with van der Waals surface area (Å²) < 4.78 is 0. The molecule has 1 atom stereocenters. The zero-order valence-corrected chi connectivity index (χ0v) is 11.9. The van der Waals surface area contributed by atoms with Crippen molar-refractivity contribution in [3.05, 3.63) is 54.6 Å². The minimum absolute atomic E-state index is 0.291. The van der Waals surface area contributed by atoms with E-state index < -0.39 is 0 Å². The van der Waals surface area contributed by atoms with Crippen molar-refractivity contribution in [3.8, 4) is 11.8 Å². The van der Waals surface area contributed by atoms with Crippen molar-refractivity contribution >= 4 is 6.08 Å². The lowest BCUT2D eigenvalue weighted by Crippen LogP contribution is -1.89. The summed E-state index contributed by atoms with van der Waals surface area (Å²) in [5.74, 6) is 6.93. The molecule has 100 valence electrons. The molecule has 0 N–H and O–H groups in total. The zero-order valence-electron chi connectivity index (χ0n) is 11.9. The summed E-state index contributed by atoms with van der Waals surface area (Å²) in [7, 11) is 0.